The second-order valence-corrected chi connectivity index (χ2v) is 9.26. The summed E-state index contributed by atoms with van der Waals surface area (Å²) in [6.45, 7) is 4.09. The van der Waals surface area contributed by atoms with Gasteiger partial charge in [-0.1, -0.05) is 24.3 Å². The van der Waals surface area contributed by atoms with E-state index in [1.165, 1.54) is 22.5 Å². The van der Waals surface area contributed by atoms with E-state index in [1.807, 2.05) is 37.3 Å². The van der Waals surface area contributed by atoms with Crippen molar-refractivity contribution >= 4 is 15.7 Å². The summed E-state index contributed by atoms with van der Waals surface area (Å²) in [6.07, 6.45) is 0. The summed E-state index contributed by atoms with van der Waals surface area (Å²) in [5.74, 6) is 1.31. The molecular weight excluding hydrogens is 420 g/mol. The highest BCUT2D eigenvalue weighted by atomic mass is 32.2. The van der Waals surface area contributed by atoms with Crippen molar-refractivity contribution in [2.45, 2.75) is 18.4 Å². The molecule has 1 aliphatic rings. The van der Waals surface area contributed by atoms with Crippen molar-refractivity contribution in [3.63, 3.8) is 0 Å². The van der Waals surface area contributed by atoms with Gasteiger partial charge in [-0.3, -0.25) is 15.0 Å². The number of aryl methyl sites for hydroxylation is 1. The minimum atomic E-state index is -3.79. The van der Waals surface area contributed by atoms with Gasteiger partial charge in [0.25, 0.3) is 5.69 Å². The number of piperazine rings is 1. The molecule has 2 heterocycles. The van der Waals surface area contributed by atoms with Crippen LogP contribution in [0.25, 0.3) is 11.5 Å². The van der Waals surface area contributed by atoms with E-state index in [2.05, 4.69) is 9.88 Å². The van der Waals surface area contributed by atoms with Crippen LogP contribution in [0.2, 0.25) is 0 Å². The molecule has 0 N–H and O–H groups in total. The molecule has 0 atom stereocenters. The number of hydrogen-bond donors (Lipinski definition) is 0. The van der Waals surface area contributed by atoms with E-state index in [0.29, 0.717) is 38.6 Å². The number of non-ortho nitro benzene ring substituents is 1. The second kappa shape index (κ2) is 8.58. The van der Waals surface area contributed by atoms with Crippen LogP contribution in [0.15, 0.2) is 63.9 Å². The number of nitro benzene ring substituents is 1. The van der Waals surface area contributed by atoms with E-state index in [0.717, 1.165) is 23.1 Å². The molecular formula is C21H22N4O5S. The zero-order valence-electron chi connectivity index (χ0n) is 17.0. The Labute approximate surface area is 180 Å². The highest BCUT2D eigenvalue weighted by Crippen LogP contribution is 2.24. The van der Waals surface area contributed by atoms with Gasteiger partial charge >= 0.3 is 0 Å². The fourth-order valence-corrected chi connectivity index (χ4v) is 4.99. The van der Waals surface area contributed by atoms with Gasteiger partial charge in [0.1, 0.15) is 5.76 Å². The molecule has 0 radical (unpaired) electrons. The predicted octanol–water partition coefficient (Wildman–Crippen LogP) is 3.06. The van der Waals surface area contributed by atoms with E-state index in [9.17, 15) is 18.5 Å². The molecule has 162 valence electrons. The lowest BCUT2D eigenvalue weighted by Crippen LogP contribution is -2.48. The molecule has 1 saturated heterocycles. The zero-order chi connectivity index (χ0) is 22.0. The number of benzene rings is 2. The van der Waals surface area contributed by atoms with Crippen LogP contribution < -0.4 is 0 Å². The average Bonchev–Trinajstić information content (AvgIpc) is 3.15. The molecule has 0 spiro atoms. The first-order chi connectivity index (χ1) is 14.8. The third-order valence-corrected chi connectivity index (χ3v) is 7.18. The largest absolute Gasteiger partial charge is 0.441 e. The second-order valence-electron chi connectivity index (χ2n) is 7.32. The maximum atomic E-state index is 12.9. The number of nitrogens with zero attached hydrogens (tertiary/aromatic N) is 4. The molecule has 0 unspecified atom stereocenters. The lowest BCUT2D eigenvalue weighted by atomic mass is 10.2. The van der Waals surface area contributed by atoms with Crippen molar-refractivity contribution in [2.24, 2.45) is 0 Å². The minimum absolute atomic E-state index is 0.0602. The van der Waals surface area contributed by atoms with Gasteiger partial charge in [0.05, 0.1) is 15.5 Å². The predicted molar refractivity (Wildman–Crippen MR) is 114 cm³/mol. The summed E-state index contributed by atoms with van der Waals surface area (Å²) in [5.41, 5.74) is 1.49. The smallest absolute Gasteiger partial charge is 0.270 e. The topological polar surface area (TPSA) is 110 Å². The van der Waals surface area contributed by atoms with Crippen molar-refractivity contribution < 1.29 is 17.8 Å². The Morgan fingerprint density at radius 1 is 1.06 bits per heavy atom. The zero-order valence-corrected chi connectivity index (χ0v) is 17.8. The summed E-state index contributed by atoms with van der Waals surface area (Å²) in [5, 5.41) is 11.0. The van der Waals surface area contributed by atoms with Gasteiger partial charge in [0.2, 0.25) is 15.9 Å². The van der Waals surface area contributed by atoms with E-state index in [-0.39, 0.29) is 10.6 Å². The molecule has 9 nitrogen and oxygen atoms in total. The SMILES string of the molecule is Cc1oc(-c2ccccc2)nc1CN1CCN(S(=O)(=O)c2cccc([N+](=O)[O-])c2)CC1. The van der Waals surface area contributed by atoms with Crippen LogP contribution in [0.5, 0.6) is 0 Å². The van der Waals surface area contributed by atoms with Crippen LogP contribution in [-0.4, -0.2) is 53.7 Å². The maximum Gasteiger partial charge on any atom is 0.270 e. The fraction of sp³-hybridized carbons (Fsp3) is 0.286. The van der Waals surface area contributed by atoms with Gasteiger partial charge in [-0.25, -0.2) is 13.4 Å². The number of rotatable bonds is 6. The quantitative estimate of drug-likeness (QED) is 0.426. The highest BCUT2D eigenvalue weighted by Gasteiger charge is 2.30. The van der Waals surface area contributed by atoms with E-state index < -0.39 is 14.9 Å². The Kier molecular flexibility index (Phi) is 5.86. The van der Waals surface area contributed by atoms with Gasteiger partial charge in [0, 0.05) is 50.4 Å². The van der Waals surface area contributed by atoms with Crippen LogP contribution in [0.1, 0.15) is 11.5 Å². The summed E-state index contributed by atoms with van der Waals surface area (Å²) in [4.78, 5) is 17.0. The summed E-state index contributed by atoms with van der Waals surface area (Å²) >= 11 is 0. The van der Waals surface area contributed by atoms with Gasteiger partial charge < -0.3 is 4.42 Å². The standard InChI is InChI=1S/C21H22N4O5S/c1-16-20(22-21(30-16)17-6-3-2-4-7-17)15-23-10-12-24(13-11-23)31(28,29)19-9-5-8-18(14-19)25(26)27/h2-9,14H,10-13,15H2,1H3. The van der Waals surface area contributed by atoms with Crippen molar-refractivity contribution in [1.82, 2.24) is 14.2 Å². The summed E-state index contributed by atoms with van der Waals surface area (Å²) in [7, 11) is -3.79. The lowest BCUT2D eigenvalue weighted by molar-refractivity contribution is -0.385. The molecule has 0 aliphatic carbocycles. The monoisotopic (exact) mass is 442 g/mol. The van der Waals surface area contributed by atoms with Crippen LogP contribution >= 0.6 is 0 Å². The lowest BCUT2D eigenvalue weighted by Gasteiger charge is -2.33. The van der Waals surface area contributed by atoms with Gasteiger partial charge in [0.15, 0.2) is 0 Å². The Bertz CT molecular complexity index is 1190. The van der Waals surface area contributed by atoms with Crippen LogP contribution in [0, 0.1) is 17.0 Å². The molecule has 31 heavy (non-hydrogen) atoms. The Balaban J connectivity index is 1.42. The van der Waals surface area contributed by atoms with Crippen molar-refractivity contribution in [3.05, 3.63) is 76.2 Å². The summed E-state index contributed by atoms with van der Waals surface area (Å²) in [6, 6.07) is 14.8. The number of hydrogen-bond acceptors (Lipinski definition) is 7. The Morgan fingerprint density at radius 3 is 2.45 bits per heavy atom. The van der Waals surface area contributed by atoms with Crippen LogP contribution in [-0.2, 0) is 16.6 Å². The first-order valence-corrected chi connectivity index (χ1v) is 11.3. The molecule has 2 aromatic carbocycles. The molecule has 10 heteroatoms. The van der Waals surface area contributed by atoms with E-state index >= 15 is 0 Å². The first-order valence-electron chi connectivity index (χ1n) is 9.83. The first kappa shape index (κ1) is 21.2. The third-order valence-electron chi connectivity index (χ3n) is 5.28. The molecule has 1 aromatic heterocycles. The van der Waals surface area contributed by atoms with Crippen molar-refractivity contribution in [1.29, 1.82) is 0 Å². The Morgan fingerprint density at radius 2 is 1.77 bits per heavy atom. The maximum absolute atomic E-state index is 12.9. The molecule has 1 aliphatic heterocycles. The van der Waals surface area contributed by atoms with Crippen LogP contribution in [0.4, 0.5) is 5.69 Å². The molecule has 1 fully saturated rings. The van der Waals surface area contributed by atoms with Crippen molar-refractivity contribution in [3.8, 4) is 11.5 Å². The van der Waals surface area contributed by atoms with Gasteiger partial charge in [-0.15, -0.1) is 0 Å². The number of aromatic nitrogens is 1. The van der Waals surface area contributed by atoms with Gasteiger partial charge in [-0.05, 0) is 25.1 Å². The highest BCUT2D eigenvalue weighted by molar-refractivity contribution is 7.89. The van der Waals surface area contributed by atoms with E-state index in [1.54, 1.807) is 0 Å². The van der Waals surface area contributed by atoms with Crippen molar-refractivity contribution in [2.75, 3.05) is 26.2 Å². The Hall–Kier alpha value is -3.08. The van der Waals surface area contributed by atoms with Crippen LogP contribution in [0.3, 0.4) is 0 Å². The minimum Gasteiger partial charge on any atom is -0.441 e. The molecule has 4 rings (SSSR count). The number of nitro groups is 1. The molecule has 0 bridgehead atoms. The normalized spacial score (nSPS) is 15.8. The fourth-order valence-electron chi connectivity index (χ4n) is 3.53. The molecule has 0 saturated carbocycles. The van der Waals surface area contributed by atoms with E-state index in [4.69, 9.17) is 4.42 Å². The average molecular weight is 442 g/mol. The summed E-state index contributed by atoms with van der Waals surface area (Å²) < 4.78 is 33.0. The molecule has 0 amide bonds. The van der Waals surface area contributed by atoms with Gasteiger partial charge in [-0.2, -0.15) is 4.31 Å². The number of oxazole rings is 1. The number of sulfonamides is 1. The molecule has 3 aromatic rings. The third kappa shape index (κ3) is 4.50.